The van der Waals surface area contributed by atoms with E-state index in [9.17, 15) is 4.79 Å². The Kier molecular flexibility index (Phi) is 5.63. The Balaban J connectivity index is 1.80. The zero-order valence-electron chi connectivity index (χ0n) is 14.3. The van der Waals surface area contributed by atoms with Gasteiger partial charge in [-0.15, -0.1) is 0 Å². The zero-order valence-corrected chi connectivity index (χ0v) is 15.1. The third-order valence-electron chi connectivity index (χ3n) is 5.20. The van der Waals surface area contributed by atoms with Gasteiger partial charge < -0.3 is 15.4 Å². The maximum Gasteiger partial charge on any atom is 0.226 e. The smallest absolute Gasteiger partial charge is 0.226 e. The van der Waals surface area contributed by atoms with Crippen molar-refractivity contribution in [3.05, 3.63) is 24.3 Å². The van der Waals surface area contributed by atoms with Gasteiger partial charge in [-0.05, 0) is 60.2 Å². The van der Waals surface area contributed by atoms with Gasteiger partial charge in [-0.2, -0.15) is 0 Å². The number of rotatable bonds is 5. The summed E-state index contributed by atoms with van der Waals surface area (Å²) < 4.78 is 5.11. The van der Waals surface area contributed by atoms with Crippen molar-refractivity contribution in [3.8, 4) is 5.75 Å². The van der Waals surface area contributed by atoms with Crippen molar-refractivity contribution in [2.75, 3.05) is 12.4 Å². The third-order valence-corrected chi connectivity index (χ3v) is 5.40. The fourth-order valence-electron chi connectivity index (χ4n) is 3.40. The van der Waals surface area contributed by atoms with Crippen LogP contribution in [0.3, 0.4) is 0 Å². The minimum Gasteiger partial charge on any atom is -0.497 e. The molecule has 0 aliphatic heterocycles. The van der Waals surface area contributed by atoms with E-state index >= 15 is 0 Å². The van der Waals surface area contributed by atoms with Crippen LogP contribution in [0, 0.1) is 17.3 Å². The molecular weight excluding hydrogens is 308 g/mol. The van der Waals surface area contributed by atoms with Gasteiger partial charge in [0.1, 0.15) is 5.75 Å². The van der Waals surface area contributed by atoms with E-state index in [4.69, 9.17) is 17.0 Å². The van der Waals surface area contributed by atoms with Crippen LogP contribution in [0.5, 0.6) is 5.75 Å². The van der Waals surface area contributed by atoms with Crippen molar-refractivity contribution in [1.82, 2.24) is 5.32 Å². The van der Waals surface area contributed by atoms with Gasteiger partial charge in [0.15, 0.2) is 5.11 Å². The molecule has 2 N–H and O–H groups in total. The lowest BCUT2D eigenvalue weighted by atomic mass is 9.53. The number of hydrogen-bond donors (Lipinski definition) is 2. The molecule has 0 bridgehead atoms. The Morgan fingerprint density at radius 1 is 1.30 bits per heavy atom. The standard InChI is InChI=1S/C18H26N2O2S/c1-5-12-10-13(18(12,2)3)11-16(21)20-17(23)19-14-6-8-15(22-4)9-7-14/h6-9,12-13H,5,10-11H2,1-4H3,(H2,19,20,21,23)/t12-,13+/m1/s1. The van der Waals surface area contributed by atoms with Gasteiger partial charge in [0.25, 0.3) is 0 Å². The van der Waals surface area contributed by atoms with Crippen molar-refractivity contribution >= 4 is 28.9 Å². The van der Waals surface area contributed by atoms with Crippen LogP contribution in [0.1, 0.15) is 40.0 Å². The molecule has 0 radical (unpaired) electrons. The summed E-state index contributed by atoms with van der Waals surface area (Å²) in [6, 6.07) is 7.40. The van der Waals surface area contributed by atoms with E-state index in [-0.39, 0.29) is 11.3 Å². The Morgan fingerprint density at radius 3 is 2.48 bits per heavy atom. The van der Waals surface area contributed by atoms with Crippen molar-refractivity contribution in [1.29, 1.82) is 0 Å². The molecule has 126 valence electrons. The predicted molar refractivity (Wildman–Crippen MR) is 97.6 cm³/mol. The Bertz CT molecular complexity index is 569. The van der Waals surface area contributed by atoms with E-state index in [0.717, 1.165) is 23.8 Å². The van der Waals surface area contributed by atoms with Crippen LogP contribution in [0.2, 0.25) is 0 Å². The van der Waals surface area contributed by atoms with Crippen molar-refractivity contribution < 1.29 is 9.53 Å². The number of ether oxygens (including phenoxy) is 1. The molecule has 23 heavy (non-hydrogen) atoms. The van der Waals surface area contributed by atoms with E-state index < -0.39 is 0 Å². The summed E-state index contributed by atoms with van der Waals surface area (Å²) >= 11 is 5.21. The number of methoxy groups -OCH3 is 1. The van der Waals surface area contributed by atoms with E-state index in [2.05, 4.69) is 31.4 Å². The average molecular weight is 334 g/mol. The number of carbonyl (C=O) groups excluding carboxylic acids is 1. The van der Waals surface area contributed by atoms with E-state index in [1.165, 1.54) is 6.42 Å². The fourth-order valence-corrected chi connectivity index (χ4v) is 3.63. The third kappa shape index (κ3) is 4.22. The summed E-state index contributed by atoms with van der Waals surface area (Å²) in [6.45, 7) is 6.74. The monoisotopic (exact) mass is 334 g/mol. The molecule has 1 aliphatic rings. The molecule has 1 fully saturated rings. The second-order valence-electron chi connectivity index (χ2n) is 6.79. The minimum absolute atomic E-state index is 0.0105. The SMILES string of the molecule is CC[C@@H]1C[C@@H](CC(=O)NC(=S)Nc2ccc(OC)cc2)C1(C)C. The summed E-state index contributed by atoms with van der Waals surface area (Å²) in [5.41, 5.74) is 1.07. The second-order valence-corrected chi connectivity index (χ2v) is 7.20. The minimum atomic E-state index is -0.0105. The average Bonchev–Trinajstić information content (AvgIpc) is 2.51. The van der Waals surface area contributed by atoms with Gasteiger partial charge in [0.2, 0.25) is 5.91 Å². The van der Waals surface area contributed by atoms with Gasteiger partial charge in [-0.3, -0.25) is 4.79 Å². The Labute approximate surface area is 144 Å². The van der Waals surface area contributed by atoms with Crippen LogP contribution < -0.4 is 15.4 Å². The first-order valence-corrected chi connectivity index (χ1v) is 8.52. The quantitative estimate of drug-likeness (QED) is 0.800. The predicted octanol–water partition coefficient (Wildman–Crippen LogP) is 3.97. The molecule has 1 aromatic rings. The van der Waals surface area contributed by atoms with Crippen LogP contribution in [0.25, 0.3) is 0 Å². The van der Waals surface area contributed by atoms with Crippen LogP contribution in [-0.4, -0.2) is 18.1 Å². The molecule has 0 heterocycles. The summed E-state index contributed by atoms with van der Waals surface area (Å²) in [6.07, 6.45) is 2.85. The topological polar surface area (TPSA) is 50.4 Å². The Hall–Kier alpha value is -1.62. The molecule has 4 nitrogen and oxygen atoms in total. The lowest BCUT2D eigenvalue weighted by Gasteiger charge is -2.52. The molecule has 1 saturated carbocycles. The molecule has 1 amide bonds. The first-order chi connectivity index (χ1) is 10.9. The highest BCUT2D eigenvalue weighted by Crippen LogP contribution is 2.54. The molecule has 1 aliphatic carbocycles. The summed E-state index contributed by atoms with van der Waals surface area (Å²) in [5.74, 6) is 1.94. The molecule has 0 saturated heterocycles. The lowest BCUT2D eigenvalue weighted by molar-refractivity contribution is -0.125. The Morgan fingerprint density at radius 2 is 1.96 bits per heavy atom. The maximum absolute atomic E-state index is 12.2. The maximum atomic E-state index is 12.2. The van der Waals surface area contributed by atoms with Gasteiger partial charge in [0, 0.05) is 12.1 Å². The number of thiocarbonyl (C=S) groups is 1. The first-order valence-electron chi connectivity index (χ1n) is 8.11. The molecule has 2 atom stereocenters. The lowest BCUT2D eigenvalue weighted by Crippen LogP contribution is -2.47. The molecular formula is C18H26N2O2S. The molecule has 0 spiro atoms. The van der Waals surface area contributed by atoms with Crippen LogP contribution in [-0.2, 0) is 4.79 Å². The van der Waals surface area contributed by atoms with E-state index in [1.54, 1.807) is 7.11 Å². The normalized spacial score (nSPS) is 21.9. The van der Waals surface area contributed by atoms with Gasteiger partial charge in [-0.1, -0.05) is 27.2 Å². The largest absolute Gasteiger partial charge is 0.497 e. The van der Waals surface area contributed by atoms with Crippen molar-refractivity contribution in [3.63, 3.8) is 0 Å². The number of amides is 1. The second kappa shape index (κ2) is 7.30. The highest BCUT2D eigenvalue weighted by atomic mass is 32.1. The number of hydrogen-bond acceptors (Lipinski definition) is 3. The van der Waals surface area contributed by atoms with Crippen molar-refractivity contribution in [2.45, 2.75) is 40.0 Å². The molecule has 5 heteroatoms. The fraction of sp³-hybridized carbons (Fsp3) is 0.556. The highest BCUT2D eigenvalue weighted by molar-refractivity contribution is 7.80. The van der Waals surface area contributed by atoms with Gasteiger partial charge >= 0.3 is 0 Å². The number of anilines is 1. The first kappa shape index (κ1) is 17.7. The number of benzene rings is 1. The summed E-state index contributed by atoms with van der Waals surface area (Å²) in [4.78, 5) is 12.2. The zero-order chi connectivity index (χ0) is 17.0. The van der Waals surface area contributed by atoms with Gasteiger partial charge in [0.05, 0.1) is 7.11 Å². The summed E-state index contributed by atoms with van der Waals surface area (Å²) in [7, 11) is 1.62. The molecule has 2 rings (SSSR count). The molecule has 0 aromatic heterocycles. The molecule has 0 unspecified atom stereocenters. The number of carbonyl (C=O) groups is 1. The van der Waals surface area contributed by atoms with Crippen LogP contribution in [0.4, 0.5) is 5.69 Å². The number of nitrogens with one attached hydrogen (secondary N) is 2. The highest BCUT2D eigenvalue weighted by Gasteiger charge is 2.47. The summed E-state index contributed by atoms with van der Waals surface area (Å²) in [5, 5.41) is 6.13. The van der Waals surface area contributed by atoms with Crippen LogP contribution in [0.15, 0.2) is 24.3 Å². The van der Waals surface area contributed by atoms with E-state index in [1.807, 2.05) is 24.3 Å². The van der Waals surface area contributed by atoms with Gasteiger partial charge in [-0.25, -0.2) is 0 Å². The van der Waals surface area contributed by atoms with Crippen molar-refractivity contribution in [2.24, 2.45) is 17.3 Å². The molecule has 1 aromatic carbocycles. The van der Waals surface area contributed by atoms with Crippen LogP contribution >= 0.6 is 12.2 Å². The van der Waals surface area contributed by atoms with E-state index in [0.29, 0.717) is 17.5 Å².